The highest BCUT2D eigenvalue weighted by Gasteiger charge is 2.23. The van der Waals surface area contributed by atoms with Gasteiger partial charge in [-0.2, -0.15) is 0 Å². The maximum atomic E-state index is 13.5. The molecule has 0 unspecified atom stereocenters. The number of anilines is 1. The minimum absolute atomic E-state index is 0.00798. The molecule has 0 aliphatic heterocycles. The molecule has 0 N–H and O–H groups in total. The number of hydrogen-bond donors (Lipinski definition) is 0. The van der Waals surface area contributed by atoms with Crippen molar-refractivity contribution in [3.05, 3.63) is 88.4 Å². The van der Waals surface area contributed by atoms with Crippen LogP contribution in [0.2, 0.25) is 5.02 Å². The van der Waals surface area contributed by atoms with Crippen LogP contribution in [0, 0.1) is 6.92 Å². The molecule has 0 saturated carbocycles. The molecule has 0 fully saturated rings. The minimum atomic E-state index is -3.34. The number of carbonyl (C=O) groups is 1. The third-order valence-electron chi connectivity index (χ3n) is 5.14. The topological polar surface area (TPSA) is 67.3 Å². The van der Waals surface area contributed by atoms with Crippen LogP contribution in [0.4, 0.5) is 5.13 Å². The summed E-state index contributed by atoms with van der Waals surface area (Å²) in [7, 11) is -3.34. The van der Waals surface area contributed by atoms with Crippen molar-refractivity contribution in [3.8, 4) is 0 Å². The molecule has 32 heavy (non-hydrogen) atoms. The number of halogens is 1. The first kappa shape index (κ1) is 22.5. The number of aromatic nitrogens is 1. The molecule has 0 bridgehead atoms. The molecule has 0 aliphatic carbocycles. The van der Waals surface area contributed by atoms with E-state index in [9.17, 15) is 13.2 Å². The molecule has 0 aliphatic rings. The van der Waals surface area contributed by atoms with E-state index in [-0.39, 0.29) is 16.6 Å². The lowest BCUT2D eigenvalue weighted by Gasteiger charge is -2.20. The molecule has 0 saturated heterocycles. The number of thiazole rings is 1. The zero-order chi connectivity index (χ0) is 22.9. The summed E-state index contributed by atoms with van der Waals surface area (Å²) in [6.45, 7) is 3.87. The fraction of sp³-hybridized carbons (Fsp3) is 0.167. The lowest BCUT2D eigenvalue weighted by Crippen LogP contribution is -2.30. The molecule has 8 heteroatoms. The molecule has 3 aromatic carbocycles. The van der Waals surface area contributed by atoms with Crippen LogP contribution < -0.4 is 4.90 Å². The van der Waals surface area contributed by atoms with Gasteiger partial charge in [0.05, 0.1) is 27.4 Å². The summed E-state index contributed by atoms with van der Waals surface area (Å²) in [5.41, 5.74) is 3.10. The van der Waals surface area contributed by atoms with Gasteiger partial charge in [0.15, 0.2) is 15.0 Å². The average Bonchev–Trinajstić information content (AvgIpc) is 3.22. The summed E-state index contributed by atoms with van der Waals surface area (Å²) >= 11 is 7.61. The maximum Gasteiger partial charge on any atom is 0.260 e. The van der Waals surface area contributed by atoms with Crippen LogP contribution in [0.3, 0.4) is 0 Å². The van der Waals surface area contributed by atoms with Gasteiger partial charge in [0.25, 0.3) is 5.91 Å². The molecule has 4 rings (SSSR count). The highest BCUT2D eigenvalue weighted by Crippen LogP contribution is 2.34. The monoisotopic (exact) mass is 484 g/mol. The summed E-state index contributed by atoms with van der Waals surface area (Å²) in [6, 6.07) is 19.4. The summed E-state index contributed by atoms with van der Waals surface area (Å²) in [4.78, 5) is 20.1. The lowest BCUT2D eigenvalue weighted by atomic mass is 10.1. The van der Waals surface area contributed by atoms with Crippen LogP contribution in [0.5, 0.6) is 0 Å². The number of hydrogen-bond acceptors (Lipinski definition) is 5. The number of rotatable bonds is 6. The smallest absolute Gasteiger partial charge is 0.260 e. The Bertz CT molecular complexity index is 1380. The predicted molar refractivity (Wildman–Crippen MR) is 130 cm³/mol. The highest BCUT2D eigenvalue weighted by atomic mass is 35.5. The Labute approximate surface area is 196 Å². The van der Waals surface area contributed by atoms with Crippen LogP contribution >= 0.6 is 22.9 Å². The second kappa shape index (κ2) is 9.02. The molecule has 0 radical (unpaired) electrons. The third-order valence-corrected chi connectivity index (χ3v) is 8.13. The van der Waals surface area contributed by atoms with E-state index < -0.39 is 9.84 Å². The normalized spacial score (nSPS) is 11.6. The summed E-state index contributed by atoms with van der Waals surface area (Å²) in [6.07, 6.45) is 0. The molecular weight excluding hydrogens is 464 g/mol. The van der Waals surface area contributed by atoms with E-state index >= 15 is 0 Å². The average molecular weight is 485 g/mol. The zero-order valence-corrected chi connectivity index (χ0v) is 20.0. The van der Waals surface area contributed by atoms with Crippen LogP contribution in [-0.2, 0) is 16.4 Å². The molecule has 164 valence electrons. The lowest BCUT2D eigenvalue weighted by molar-refractivity contribution is 0.0985. The fourth-order valence-corrected chi connectivity index (χ4v) is 5.68. The molecule has 1 amide bonds. The highest BCUT2D eigenvalue weighted by molar-refractivity contribution is 7.91. The minimum Gasteiger partial charge on any atom is -0.279 e. The van der Waals surface area contributed by atoms with Crippen molar-refractivity contribution in [1.29, 1.82) is 0 Å². The third kappa shape index (κ3) is 4.55. The Morgan fingerprint density at radius 3 is 2.41 bits per heavy atom. The van der Waals surface area contributed by atoms with Crippen molar-refractivity contribution in [2.45, 2.75) is 25.3 Å². The van der Waals surface area contributed by atoms with Crippen LogP contribution in [0.15, 0.2) is 71.6 Å². The second-order valence-corrected chi connectivity index (χ2v) is 11.1. The molecular formula is C24H21ClN2O3S2. The summed E-state index contributed by atoms with van der Waals surface area (Å²) in [5.74, 6) is -0.245. The summed E-state index contributed by atoms with van der Waals surface area (Å²) in [5, 5.41) is 1.18. The number of fused-ring (bicyclic) bond motifs is 1. The van der Waals surface area contributed by atoms with Crippen molar-refractivity contribution in [2.75, 3.05) is 10.7 Å². The zero-order valence-electron chi connectivity index (χ0n) is 17.6. The van der Waals surface area contributed by atoms with Crippen LogP contribution in [0.25, 0.3) is 10.2 Å². The number of aryl methyl sites for hydroxylation is 1. The predicted octanol–water partition coefficient (Wildman–Crippen LogP) is 5.90. The van der Waals surface area contributed by atoms with E-state index in [1.807, 2.05) is 49.4 Å². The van der Waals surface area contributed by atoms with Gasteiger partial charge < -0.3 is 0 Å². The van der Waals surface area contributed by atoms with Crippen molar-refractivity contribution < 1.29 is 13.2 Å². The largest absolute Gasteiger partial charge is 0.279 e. The molecule has 0 spiro atoms. The van der Waals surface area contributed by atoms with Crippen LogP contribution in [-0.4, -0.2) is 25.1 Å². The van der Waals surface area contributed by atoms with Gasteiger partial charge in [0, 0.05) is 10.6 Å². The summed E-state index contributed by atoms with van der Waals surface area (Å²) < 4.78 is 25.1. The Kier molecular flexibility index (Phi) is 6.33. The van der Waals surface area contributed by atoms with Crippen molar-refractivity contribution in [3.63, 3.8) is 0 Å². The van der Waals surface area contributed by atoms with E-state index in [0.717, 1.165) is 21.3 Å². The van der Waals surface area contributed by atoms with Crippen molar-refractivity contribution in [1.82, 2.24) is 4.98 Å². The van der Waals surface area contributed by atoms with Crippen LogP contribution in [0.1, 0.15) is 28.4 Å². The Morgan fingerprint density at radius 2 is 1.75 bits per heavy atom. The molecule has 1 aromatic heterocycles. The van der Waals surface area contributed by atoms with E-state index in [4.69, 9.17) is 16.6 Å². The quantitative estimate of drug-likeness (QED) is 0.341. The first-order valence-electron chi connectivity index (χ1n) is 10.0. The fourth-order valence-electron chi connectivity index (χ4n) is 3.38. The Morgan fingerprint density at radius 1 is 1.06 bits per heavy atom. The van der Waals surface area contributed by atoms with E-state index in [1.165, 1.54) is 23.5 Å². The number of nitrogens with zero attached hydrogens (tertiary/aromatic N) is 2. The Balaban J connectivity index is 1.76. The van der Waals surface area contributed by atoms with E-state index in [0.29, 0.717) is 22.3 Å². The van der Waals surface area contributed by atoms with Gasteiger partial charge in [-0.25, -0.2) is 13.4 Å². The van der Waals surface area contributed by atoms with E-state index in [2.05, 4.69) is 0 Å². The number of sulfone groups is 1. The first-order valence-corrected chi connectivity index (χ1v) is 12.9. The van der Waals surface area contributed by atoms with Gasteiger partial charge in [0.1, 0.15) is 0 Å². The van der Waals surface area contributed by atoms with Gasteiger partial charge in [-0.3, -0.25) is 9.69 Å². The SMILES string of the molecule is CCS(=O)(=O)c1ccc(C(=O)N(Cc2ccccc2)c2nc3c(C)cc(Cl)cc3s2)cc1. The van der Waals surface area contributed by atoms with Crippen molar-refractivity contribution in [2.24, 2.45) is 0 Å². The maximum absolute atomic E-state index is 13.5. The number of benzene rings is 3. The van der Waals surface area contributed by atoms with Gasteiger partial charge in [-0.05, 0) is 54.4 Å². The standard InChI is InChI=1S/C24H21ClN2O3S2/c1-3-32(29,30)20-11-9-18(10-12-20)23(28)27(15-17-7-5-4-6-8-17)24-26-22-16(2)13-19(25)14-21(22)31-24/h4-14H,3,15H2,1-2H3. The molecule has 5 nitrogen and oxygen atoms in total. The van der Waals surface area contributed by atoms with Gasteiger partial charge >= 0.3 is 0 Å². The van der Waals surface area contributed by atoms with Crippen molar-refractivity contribution >= 4 is 54.0 Å². The van der Waals surface area contributed by atoms with Gasteiger partial charge in [-0.15, -0.1) is 0 Å². The Hall–Kier alpha value is -2.74. The van der Waals surface area contributed by atoms with Gasteiger partial charge in [0.2, 0.25) is 0 Å². The number of amides is 1. The molecule has 4 aromatic rings. The first-order chi connectivity index (χ1) is 15.3. The second-order valence-electron chi connectivity index (χ2n) is 7.37. The van der Waals surface area contributed by atoms with E-state index in [1.54, 1.807) is 24.0 Å². The number of carbonyl (C=O) groups excluding carboxylic acids is 1. The molecule has 1 heterocycles. The van der Waals surface area contributed by atoms with Gasteiger partial charge in [-0.1, -0.05) is 60.2 Å². The molecule has 0 atom stereocenters.